The van der Waals surface area contributed by atoms with Gasteiger partial charge in [-0.1, -0.05) is 0 Å². The summed E-state index contributed by atoms with van der Waals surface area (Å²) in [7, 11) is 3.68. The molecule has 2 heterocycles. The van der Waals surface area contributed by atoms with Crippen molar-refractivity contribution in [2.75, 3.05) is 49.0 Å². The van der Waals surface area contributed by atoms with Gasteiger partial charge in [-0.05, 0) is 36.4 Å². The summed E-state index contributed by atoms with van der Waals surface area (Å²) in [6, 6.07) is 10.7. The van der Waals surface area contributed by atoms with Crippen LogP contribution in [0.25, 0.3) is 0 Å². The van der Waals surface area contributed by atoms with Crippen molar-refractivity contribution < 1.29 is 14.3 Å². The summed E-state index contributed by atoms with van der Waals surface area (Å²) in [5, 5.41) is 2.86. The molecule has 0 atom stereocenters. The van der Waals surface area contributed by atoms with Gasteiger partial charge in [0.25, 0.3) is 11.8 Å². The summed E-state index contributed by atoms with van der Waals surface area (Å²) in [4.78, 5) is 32.1. The van der Waals surface area contributed by atoms with Crippen LogP contribution in [-0.2, 0) is 9.53 Å². The Kier molecular flexibility index (Phi) is 4.95. The van der Waals surface area contributed by atoms with Crippen LogP contribution in [0.4, 0.5) is 17.2 Å². The highest BCUT2D eigenvalue weighted by Gasteiger charge is 2.20. The highest BCUT2D eigenvalue weighted by Crippen LogP contribution is 2.21. The number of morpholine rings is 1. The molecule has 25 heavy (non-hydrogen) atoms. The predicted molar refractivity (Wildman–Crippen MR) is 96.1 cm³/mol. The Morgan fingerprint density at radius 3 is 2.68 bits per heavy atom. The van der Waals surface area contributed by atoms with Gasteiger partial charge in [-0.3, -0.25) is 9.59 Å². The van der Waals surface area contributed by atoms with Crippen molar-refractivity contribution in [3.63, 3.8) is 0 Å². The van der Waals surface area contributed by atoms with Crippen molar-refractivity contribution in [1.82, 2.24) is 4.98 Å². The Hall–Kier alpha value is -2.93. The van der Waals surface area contributed by atoms with E-state index >= 15 is 0 Å². The fourth-order valence-corrected chi connectivity index (χ4v) is 2.64. The predicted octanol–water partition coefficient (Wildman–Crippen LogP) is 1.76. The van der Waals surface area contributed by atoms with Gasteiger partial charge in [0.1, 0.15) is 12.4 Å². The lowest BCUT2D eigenvalue weighted by atomic mass is 10.2. The summed E-state index contributed by atoms with van der Waals surface area (Å²) in [6.45, 7) is 1.16. The van der Waals surface area contributed by atoms with E-state index in [1.807, 2.05) is 26.2 Å². The van der Waals surface area contributed by atoms with Crippen LogP contribution in [0.5, 0.6) is 0 Å². The molecule has 1 aromatic carbocycles. The number of nitrogens with zero attached hydrogens (tertiary/aromatic N) is 3. The Labute approximate surface area is 146 Å². The maximum atomic E-state index is 12.5. The molecule has 0 bridgehead atoms. The van der Waals surface area contributed by atoms with E-state index in [1.54, 1.807) is 40.3 Å². The zero-order valence-electron chi connectivity index (χ0n) is 14.2. The molecular formula is C18H20N4O3. The second kappa shape index (κ2) is 7.31. The first-order valence-electron chi connectivity index (χ1n) is 7.98. The second-order valence-electron chi connectivity index (χ2n) is 5.87. The van der Waals surface area contributed by atoms with Crippen molar-refractivity contribution >= 4 is 29.0 Å². The monoisotopic (exact) mass is 340 g/mol. The Morgan fingerprint density at radius 1 is 1.24 bits per heavy atom. The second-order valence-corrected chi connectivity index (χ2v) is 5.87. The third-order valence-corrected chi connectivity index (χ3v) is 3.88. The maximum Gasteiger partial charge on any atom is 0.259 e. The molecule has 7 heteroatoms. The van der Waals surface area contributed by atoms with Gasteiger partial charge in [0, 0.05) is 38.2 Å². The van der Waals surface area contributed by atoms with E-state index in [4.69, 9.17) is 4.74 Å². The van der Waals surface area contributed by atoms with Crippen LogP contribution in [0.3, 0.4) is 0 Å². The Bertz CT molecular complexity index is 774. The maximum absolute atomic E-state index is 12.5. The molecule has 0 aliphatic carbocycles. The quantitative estimate of drug-likeness (QED) is 0.918. The van der Waals surface area contributed by atoms with Crippen molar-refractivity contribution in [1.29, 1.82) is 0 Å². The van der Waals surface area contributed by atoms with Gasteiger partial charge in [-0.25, -0.2) is 4.98 Å². The summed E-state index contributed by atoms with van der Waals surface area (Å²) in [5.74, 6) is 0.316. The number of anilines is 3. The molecule has 0 saturated carbocycles. The number of aromatic nitrogens is 1. The molecule has 1 fully saturated rings. The molecular weight excluding hydrogens is 320 g/mol. The van der Waals surface area contributed by atoms with Gasteiger partial charge >= 0.3 is 0 Å². The first kappa shape index (κ1) is 16.9. The van der Waals surface area contributed by atoms with E-state index in [-0.39, 0.29) is 18.4 Å². The van der Waals surface area contributed by atoms with Crippen LogP contribution in [0.15, 0.2) is 42.6 Å². The largest absolute Gasteiger partial charge is 0.370 e. The van der Waals surface area contributed by atoms with E-state index in [1.165, 1.54) is 0 Å². The smallest absolute Gasteiger partial charge is 0.259 e. The van der Waals surface area contributed by atoms with Crippen LogP contribution in [0.2, 0.25) is 0 Å². The molecule has 3 rings (SSSR count). The lowest BCUT2D eigenvalue weighted by molar-refractivity contribution is -0.125. The van der Waals surface area contributed by atoms with Crippen LogP contribution in [0, 0.1) is 0 Å². The number of carbonyl (C=O) groups excluding carboxylic acids is 2. The van der Waals surface area contributed by atoms with Crippen molar-refractivity contribution in [3.8, 4) is 0 Å². The molecule has 0 radical (unpaired) electrons. The summed E-state index contributed by atoms with van der Waals surface area (Å²) in [6.07, 6.45) is 1.65. The number of benzene rings is 1. The fraction of sp³-hybridized carbons (Fsp3) is 0.278. The van der Waals surface area contributed by atoms with Gasteiger partial charge in [-0.2, -0.15) is 0 Å². The lowest BCUT2D eigenvalue weighted by Gasteiger charge is -2.26. The first-order valence-corrected chi connectivity index (χ1v) is 7.98. The zero-order chi connectivity index (χ0) is 17.8. The Morgan fingerprint density at radius 2 is 2.00 bits per heavy atom. The van der Waals surface area contributed by atoms with Crippen LogP contribution in [0.1, 0.15) is 10.4 Å². The number of amides is 2. The standard InChI is InChI=1S/C18H20N4O3/c1-21(2)17-15(4-3-9-19-17)18(24)20-13-5-7-14(8-6-13)22-10-11-25-12-16(22)23/h3-9H,10-12H2,1-2H3,(H,20,24). The highest BCUT2D eigenvalue weighted by molar-refractivity contribution is 6.07. The normalized spacial score (nSPS) is 14.3. The highest BCUT2D eigenvalue weighted by atomic mass is 16.5. The molecule has 2 aromatic rings. The topological polar surface area (TPSA) is 74.8 Å². The summed E-state index contributed by atoms with van der Waals surface area (Å²) < 4.78 is 5.13. The molecule has 1 aliphatic heterocycles. The van der Waals surface area contributed by atoms with E-state index in [0.29, 0.717) is 30.2 Å². The van der Waals surface area contributed by atoms with Gasteiger partial charge in [0.2, 0.25) is 0 Å². The third-order valence-electron chi connectivity index (χ3n) is 3.88. The average Bonchev–Trinajstić information content (AvgIpc) is 2.63. The molecule has 7 nitrogen and oxygen atoms in total. The van der Waals surface area contributed by atoms with Crippen molar-refractivity contribution in [2.24, 2.45) is 0 Å². The summed E-state index contributed by atoms with van der Waals surface area (Å²) in [5.41, 5.74) is 1.95. The fourth-order valence-electron chi connectivity index (χ4n) is 2.64. The summed E-state index contributed by atoms with van der Waals surface area (Å²) >= 11 is 0. The minimum Gasteiger partial charge on any atom is -0.370 e. The molecule has 2 amide bonds. The molecule has 1 aromatic heterocycles. The first-order chi connectivity index (χ1) is 12.1. The van der Waals surface area contributed by atoms with E-state index < -0.39 is 0 Å². The molecule has 1 saturated heterocycles. The number of nitrogens with one attached hydrogen (secondary N) is 1. The number of rotatable bonds is 4. The van der Waals surface area contributed by atoms with Gasteiger partial charge in [-0.15, -0.1) is 0 Å². The minimum atomic E-state index is -0.230. The molecule has 1 aliphatic rings. The SMILES string of the molecule is CN(C)c1ncccc1C(=O)Nc1ccc(N2CCOCC2=O)cc1. The molecule has 0 unspecified atom stereocenters. The van der Waals surface area contributed by atoms with Crippen molar-refractivity contribution in [3.05, 3.63) is 48.2 Å². The minimum absolute atomic E-state index is 0.0611. The van der Waals surface area contributed by atoms with Gasteiger partial charge in [0.15, 0.2) is 0 Å². The lowest BCUT2D eigenvalue weighted by Crippen LogP contribution is -2.41. The Balaban J connectivity index is 1.73. The van der Waals surface area contributed by atoms with Crippen molar-refractivity contribution in [2.45, 2.75) is 0 Å². The number of pyridine rings is 1. The number of ether oxygens (including phenoxy) is 1. The third kappa shape index (κ3) is 3.77. The number of hydrogen-bond acceptors (Lipinski definition) is 5. The van der Waals surface area contributed by atoms with Crippen LogP contribution in [-0.4, -0.2) is 50.7 Å². The van der Waals surface area contributed by atoms with E-state index in [9.17, 15) is 9.59 Å². The number of carbonyl (C=O) groups is 2. The van der Waals surface area contributed by atoms with E-state index in [2.05, 4.69) is 10.3 Å². The zero-order valence-corrected chi connectivity index (χ0v) is 14.2. The number of hydrogen-bond donors (Lipinski definition) is 1. The molecule has 130 valence electrons. The van der Waals surface area contributed by atoms with Crippen LogP contribution < -0.4 is 15.1 Å². The van der Waals surface area contributed by atoms with Gasteiger partial charge in [0.05, 0.1) is 12.2 Å². The average molecular weight is 340 g/mol. The van der Waals surface area contributed by atoms with Crippen LogP contribution >= 0.6 is 0 Å². The molecule has 0 spiro atoms. The molecule has 1 N–H and O–H groups in total. The van der Waals surface area contributed by atoms with E-state index in [0.717, 1.165) is 5.69 Å². The van der Waals surface area contributed by atoms with Gasteiger partial charge < -0.3 is 19.9 Å².